The van der Waals surface area contributed by atoms with Crippen LogP contribution in [0.1, 0.15) is 67.6 Å². The Hall–Kier alpha value is -3.19. The van der Waals surface area contributed by atoms with Crippen LogP contribution in [0.5, 0.6) is 0 Å². The van der Waals surface area contributed by atoms with Crippen LogP contribution < -0.4 is 0 Å². The molecular weight excluding hydrogens is 531 g/mol. The smallest absolute Gasteiger partial charge is 0.410 e. The van der Waals surface area contributed by atoms with Gasteiger partial charge in [0.15, 0.2) is 0 Å². The van der Waals surface area contributed by atoms with E-state index in [-0.39, 0.29) is 48.2 Å². The maximum atomic E-state index is 14.2. The van der Waals surface area contributed by atoms with Crippen molar-refractivity contribution in [2.45, 2.75) is 70.4 Å². The van der Waals surface area contributed by atoms with Crippen molar-refractivity contribution in [1.29, 1.82) is 0 Å². The SMILES string of the molecule is C=CCN(C(=O)OCc1ccc(C)cc1)C1CCN(C[C@H]2CC(C(CC3CC3)C(=O)O)C[C@@H]2c2cccc(F)c2)CC1. The van der Waals surface area contributed by atoms with E-state index >= 15 is 0 Å². The lowest BCUT2D eigenvalue weighted by Gasteiger charge is -2.39. The van der Waals surface area contributed by atoms with E-state index in [0.29, 0.717) is 12.5 Å². The highest BCUT2D eigenvalue weighted by Gasteiger charge is 2.44. The van der Waals surface area contributed by atoms with Gasteiger partial charge in [0, 0.05) is 32.2 Å². The van der Waals surface area contributed by atoms with Crippen molar-refractivity contribution in [3.05, 3.63) is 83.7 Å². The number of amides is 1. The summed E-state index contributed by atoms with van der Waals surface area (Å²) in [6.45, 7) is 9.14. The molecule has 0 aromatic heterocycles. The number of hydrogen-bond donors (Lipinski definition) is 1. The summed E-state index contributed by atoms with van der Waals surface area (Å²) in [7, 11) is 0. The zero-order valence-electron chi connectivity index (χ0n) is 24.8. The van der Waals surface area contributed by atoms with Gasteiger partial charge in [-0.1, -0.05) is 60.9 Å². The fourth-order valence-corrected chi connectivity index (χ4v) is 7.22. The number of carbonyl (C=O) groups excluding carboxylic acids is 1. The highest BCUT2D eigenvalue weighted by atomic mass is 19.1. The van der Waals surface area contributed by atoms with Crippen LogP contribution in [-0.2, 0) is 16.1 Å². The highest BCUT2D eigenvalue weighted by Crippen LogP contribution is 2.49. The number of likely N-dealkylation sites (tertiary alicyclic amines) is 1. The lowest BCUT2D eigenvalue weighted by Crippen LogP contribution is -2.48. The molecule has 0 radical (unpaired) electrons. The second-order valence-electron chi connectivity index (χ2n) is 12.8. The Morgan fingerprint density at radius 2 is 1.86 bits per heavy atom. The number of rotatable bonds is 12. The average Bonchev–Trinajstić information content (AvgIpc) is 3.72. The van der Waals surface area contributed by atoms with Crippen molar-refractivity contribution in [2.75, 3.05) is 26.2 Å². The second kappa shape index (κ2) is 13.9. The van der Waals surface area contributed by atoms with E-state index in [0.717, 1.165) is 75.7 Å². The summed E-state index contributed by atoms with van der Waals surface area (Å²) in [5.74, 6) is -0.133. The van der Waals surface area contributed by atoms with E-state index in [9.17, 15) is 19.1 Å². The summed E-state index contributed by atoms with van der Waals surface area (Å²) in [6, 6.07) is 15.0. The summed E-state index contributed by atoms with van der Waals surface area (Å²) >= 11 is 0. The van der Waals surface area contributed by atoms with Crippen LogP contribution >= 0.6 is 0 Å². The van der Waals surface area contributed by atoms with Gasteiger partial charge in [0.1, 0.15) is 12.4 Å². The molecule has 2 aromatic rings. The molecule has 7 heteroatoms. The lowest BCUT2D eigenvalue weighted by atomic mass is 9.85. The molecule has 4 atom stereocenters. The lowest BCUT2D eigenvalue weighted by molar-refractivity contribution is -0.144. The standard InChI is InChI=1S/C35H45FN2O4/c1-3-15-38(35(41)42-23-26-9-7-24(2)8-10-26)31-13-16-37(17-14-31)22-29-19-28(33(34(39)40)18-25-11-12-25)21-32(29)27-5-4-6-30(36)20-27/h3-10,20,25,28-29,31-33H,1,11-19,21-23H2,2H3,(H,39,40)/t28?,29-,32-,33?/m1/s1. The number of ether oxygens (including phenoxy) is 1. The molecule has 6 nitrogen and oxygen atoms in total. The first-order valence-corrected chi connectivity index (χ1v) is 15.6. The van der Waals surface area contributed by atoms with Gasteiger partial charge in [-0.15, -0.1) is 6.58 Å². The third-order valence-electron chi connectivity index (χ3n) is 9.71. The van der Waals surface area contributed by atoms with Crippen molar-refractivity contribution in [2.24, 2.45) is 23.7 Å². The van der Waals surface area contributed by atoms with E-state index in [1.807, 2.05) is 37.3 Å². The van der Waals surface area contributed by atoms with Crippen LogP contribution in [0.2, 0.25) is 0 Å². The first-order chi connectivity index (χ1) is 20.3. The quantitative estimate of drug-likeness (QED) is 0.275. The molecule has 3 aliphatic rings. The molecule has 42 heavy (non-hydrogen) atoms. The third-order valence-corrected chi connectivity index (χ3v) is 9.71. The van der Waals surface area contributed by atoms with Crippen LogP contribution in [0.15, 0.2) is 61.2 Å². The highest BCUT2D eigenvalue weighted by molar-refractivity contribution is 5.70. The topological polar surface area (TPSA) is 70.1 Å². The molecule has 2 unspecified atom stereocenters. The maximum Gasteiger partial charge on any atom is 0.410 e. The Kier molecular flexibility index (Phi) is 9.99. The van der Waals surface area contributed by atoms with Gasteiger partial charge in [0.25, 0.3) is 0 Å². The number of aryl methyl sites for hydroxylation is 1. The largest absolute Gasteiger partial charge is 0.481 e. The third kappa shape index (κ3) is 7.80. The Bertz CT molecular complexity index is 1220. The number of hydrogen-bond acceptors (Lipinski definition) is 4. The molecule has 0 spiro atoms. The maximum absolute atomic E-state index is 14.2. The van der Waals surface area contributed by atoms with Gasteiger partial charge >= 0.3 is 12.1 Å². The van der Waals surface area contributed by atoms with Gasteiger partial charge in [-0.3, -0.25) is 4.79 Å². The Balaban J connectivity index is 1.20. The molecule has 2 aliphatic carbocycles. The molecular formula is C35H45FN2O4. The first kappa shape index (κ1) is 30.3. The van der Waals surface area contributed by atoms with Crippen molar-refractivity contribution in [1.82, 2.24) is 9.80 Å². The van der Waals surface area contributed by atoms with E-state index in [4.69, 9.17) is 4.74 Å². The number of nitrogens with zero attached hydrogens (tertiary/aromatic N) is 2. The summed E-state index contributed by atoms with van der Waals surface area (Å²) in [4.78, 5) is 29.6. The molecule has 1 saturated heterocycles. The molecule has 1 N–H and O–H groups in total. The summed E-state index contributed by atoms with van der Waals surface area (Å²) in [5, 5.41) is 10.1. The van der Waals surface area contributed by atoms with Crippen molar-refractivity contribution in [3.8, 4) is 0 Å². The van der Waals surface area contributed by atoms with Gasteiger partial charge in [-0.25, -0.2) is 9.18 Å². The molecule has 2 aromatic carbocycles. The van der Waals surface area contributed by atoms with Crippen molar-refractivity contribution < 1.29 is 23.8 Å². The first-order valence-electron chi connectivity index (χ1n) is 15.6. The molecule has 226 valence electrons. The summed E-state index contributed by atoms with van der Waals surface area (Å²) in [6.07, 6.45) is 7.84. The molecule has 0 bridgehead atoms. The van der Waals surface area contributed by atoms with Crippen molar-refractivity contribution >= 4 is 12.1 Å². The predicted octanol–water partition coefficient (Wildman–Crippen LogP) is 7.03. The molecule has 2 saturated carbocycles. The van der Waals surface area contributed by atoms with E-state index in [2.05, 4.69) is 11.5 Å². The zero-order valence-corrected chi connectivity index (χ0v) is 24.8. The second-order valence-corrected chi connectivity index (χ2v) is 12.8. The fourth-order valence-electron chi connectivity index (χ4n) is 7.22. The normalized spacial score (nSPS) is 23.8. The van der Waals surface area contributed by atoms with E-state index < -0.39 is 5.97 Å². The van der Waals surface area contributed by atoms with Gasteiger partial charge in [0.2, 0.25) is 0 Å². The van der Waals surface area contributed by atoms with Gasteiger partial charge in [-0.05, 0) is 86.0 Å². The van der Waals surface area contributed by atoms with Crippen molar-refractivity contribution in [3.63, 3.8) is 0 Å². The monoisotopic (exact) mass is 576 g/mol. The van der Waals surface area contributed by atoms with Crippen LogP contribution in [0.4, 0.5) is 9.18 Å². The number of benzene rings is 2. The minimum atomic E-state index is -0.678. The number of carbonyl (C=O) groups is 2. The minimum absolute atomic E-state index is 0.0787. The number of piperidine rings is 1. The molecule has 5 rings (SSSR count). The molecule has 1 heterocycles. The Labute approximate surface area is 249 Å². The van der Waals surface area contributed by atoms with Crippen LogP contribution in [0.25, 0.3) is 0 Å². The van der Waals surface area contributed by atoms with E-state index in [1.54, 1.807) is 23.1 Å². The number of aliphatic carboxylic acids is 1. The summed E-state index contributed by atoms with van der Waals surface area (Å²) in [5.41, 5.74) is 3.12. The molecule has 1 aliphatic heterocycles. The summed E-state index contributed by atoms with van der Waals surface area (Å²) < 4.78 is 19.9. The van der Waals surface area contributed by atoms with Gasteiger partial charge in [-0.2, -0.15) is 0 Å². The average molecular weight is 577 g/mol. The van der Waals surface area contributed by atoms with E-state index in [1.165, 1.54) is 11.6 Å². The van der Waals surface area contributed by atoms with Crippen LogP contribution in [0.3, 0.4) is 0 Å². The predicted molar refractivity (Wildman–Crippen MR) is 162 cm³/mol. The molecule has 3 fully saturated rings. The fraction of sp³-hybridized carbons (Fsp3) is 0.543. The van der Waals surface area contributed by atoms with Gasteiger partial charge in [0.05, 0.1) is 5.92 Å². The van der Waals surface area contributed by atoms with Gasteiger partial charge < -0.3 is 19.6 Å². The van der Waals surface area contributed by atoms with Crippen LogP contribution in [-0.4, -0.2) is 59.2 Å². The number of carboxylic acid groups (broad SMARTS) is 1. The Morgan fingerprint density at radius 1 is 1.12 bits per heavy atom. The zero-order chi connectivity index (χ0) is 29.6. The number of halogens is 1. The number of carboxylic acids is 1. The van der Waals surface area contributed by atoms with Crippen LogP contribution in [0, 0.1) is 36.4 Å². The minimum Gasteiger partial charge on any atom is -0.481 e. The molecule has 1 amide bonds. The Morgan fingerprint density at radius 3 is 2.50 bits per heavy atom.